The van der Waals surface area contributed by atoms with Crippen LogP contribution in [-0.2, 0) is 0 Å². The van der Waals surface area contributed by atoms with Crippen LogP contribution in [0.4, 0.5) is 11.4 Å². The molecule has 214 valence electrons. The van der Waals surface area contributed by atoms with E-state index in [2.05, 4.69) is 99.9 Å². The molecule has 0 spiro atoms. The lowest BCUT2D eigenvalue weighted by Crippen LogP contribution is -2.14. The normalized spacial score (nSPS) is 11.5. The Bertz CT molecular complexity index is 1130. The van der Waals surface area contributed by atoms with E-state index in [1.54, 1.807) is 0 Å². The maximum atomic E-state index is 5.18. The maximum Gasteiger partial charge on any atom is 0.0634 e. The molecule has 0 radical (unpaired) electrons. The first kappa shape index (κ1) is 33.1. The van der Waals surface area contributed by atoms with Gasteiger partial charge in [-0.2, -0.15) is 0 Å². The number of aliphatic imine (C=N–C) groups is 2. The van der Waals surface area contributed by atoms with Crippen LogP contribution in [0.1, 0.15) is 142 Å². The molecule has 0 heterocycles. The van der Waals surface area contributed by atoms with Gasteiger partial charge in [-0.1, -0.05) is 103 Å². The predicted molar refractivity (Wildman–Crippen MR) is 177 cm³/mol. The largest absolute Gasteiger partial charge is 0.252 e. The Morgan fingerprint density at radius 3 is 1.32 bits per heavy atom. The summed E-state index contributed by atoms with van der Waals surface area (Å²) in [6.07, 6.45) is 18.4. The summed E-state index contributed by atoms with van der Waals surface area (Å²) in [6.45, 7) is 8.92. The minimum Gasteiger partial charge on any atom is -0.252 e. The van der Waals surface area contributed by atoms with E-state index in [4.69, 9.17) is 9.98 Å². The third-order valence-corrected chi connectivity index (χ3v) is 6.91. The average molecular weight is 537 g/mol. The van der Waals surface area contributed by atoms with E-state index in [0.29, 0.717) is 0 Å². The third kappa shape index (κ3) is 14.3. The van der Waals surface area contributed by atoms with E-state index in [9.17, 15) is 0 Å². The zero-order valence-corrected chi connectivity index (χ0v) is 25.8. The van der Waals surface area contributed by atoms with Crippen molar-refractivity contribution in [3.63, 3.8) is 0 Å². The van der Waals surface area contributed by atoms with Crippen molar-refractivity contribution in [1.82, 2.24) is 0 Å². The molecular formula is C38H52N2. The van der Waals surface area contributed by atoms with Crippen LogP contribution in [0.5, 0.6) is 0 Å². The van der Waals surface area contributed by atoms with Crippen LogP contribution < -0.4 is 0 Å². The van der Waals surface area contributed by atoms with Crippen LogP contribution in [0.15, 0.2) is 58.5 Å². The summed E-state index contributed by atoms with van der Waals surface area (Å²) in [5, 5.41) is 0. The van der Waals surface area contributed by atoms with Crippen LogP contribution in [0, 0.1) is 23.7 Å². The number of hydrogen-bond donors (Lipinski definition) is 0. The molecule has 0 atom stereocenters. The first-order valence-corrected chi connectivity index (χ1v) is 16.0. The minimum atomic E-state index is 0.949. The lowest BCUT2D eigenvalue weighted by molar-refractivity contribution is 0.616. The van der Waals surface area contributed by atoms with Crippen LogP contribution in [-0.4, -0.2) is 11.4 Å². The van der Waals surface area contributed by atoms with Gasteiger partial charge in [0, 0.05) is 24.0 Å². The van der Waals surface area contributed by atoms with Gasteiger partial charge in [-0.25, -0.2) is 0 Å². The molecule has 0 unspecified atom stereocenters. The first-order chi connectivity index (χ1) is 19.7. The summed E-state index contributed by atoms with van der Waals surface area (Å²) in [5.41, 5.74) is 6.35. The van der Waals surface area contributed by atoms with Gasteiger partial charge in [0.25, 0.3) is 0 Å². The van der Waals surface area contributed by atoms with Crippen molar-refractivity contribution in [2.45, 2.75) is 130 Å². The Kier molecular flexibility index (Phi) is 18.0. The van der Waals surface area contributed by atoms with Gasteiger partial charge >= 0.3 is 0 Å². The van der Waals surface area contributed by atoms with E-state index in [1.165, 1.54) is 44.9 Å². The Morgan fingerprint density at radius 1 is 0.475 bits per heavy atom. The molecule has 0 saturated heterocycles. The summed E-state index contributed by atoms with van der Waals surface area (Å²) in [4.78, 5) is 10.3. The van der Waals surface area contributed by atoms with Crippen molar-refractivity contribution in [3.05, 3.63) is 59.7 Å². The summed E-state index contributed by atoms with van der Waals surface area (Å²) in [5.74, 6) is 13.2. The van der Waals surface area contributed by atoms with Gasteiger partial charge < -0.3 is 0 Å². The third-order valence-electron chi connectivity index (χ3n) is 6.91. The molecule has 0 aliphatic carbocycles. The van der Waals surface area contributed by atoms with Gasteiger partial charge in [-0.15, -0.1) is 0 Å². The molecule has 2 heteroatoms. The molecule has 0 N–H and O–H groups in total. The van der Waals surface area contributed by atoms with Crippen molar-refractivity contribution in [2.24, 2.45) is 9.98 Å². The minimum absolute atomic E-state index is 0.949. The van der Waals surface area contributed by atoms with Crippen molar-refractivity contribution in [1.29, 1.82) is 0 Å². The zero-order chi connectivity index (χ0) is 28.7. The molecule has 2 rings (SSSR count). The highest BCUT2D eigenvalue weighted by Gasteiger charge is 2.11. The number of rotatable bonds is 17. The molecule has 2 aromatic rings. The molecule has 0 bridgehead atoms. The Balaban J connectivity index is 2.29. The quantitative estimate of drug-likeness (QED) is 0.109. The molecule has 2 nitrogen and oxygen atoms in total. The molecule has 0 fully saturated rings. The lowest BCUT2D eigenvalue weighted by Gasteiger charge is -2.12. The van der Waals surface area contributed by atoms with E-state index in [1.807, 2.05) is 0 Å². The van der Waals surface area contributed by atoms with Crippen molar-refractivity contribution < 1.29 is 0 Å². The van der Waals surface area contributed by atoms with Gasteiger partial charge in [0.2, 0.25) is 0 Å². The van der Waals surface area contributed by atoms with Gasteiger partial charge in [0.1, 0.15) is 0 Å². The summed E-state index contributed by atoms with van der Waals surface area (Å²) in [7, 11) is 0. The Morgan fingerprint density at radius 2 is 0.875 bits per heavy atom. The molecular weight excluding hydrogens is 484 g/mol. The topological polar surface area (TPSA) is 24.7 Å². The fourth-order valence-electron chi connectivity index (χ4n) is 4.36. The second-order valence-corrected chi connectivity index (χ2v) is 10.6. The fourth-order valence-corrected chi connectivity index (χ4v) is 4.36. The standard InChI is InChI=1S/C38H52N2/c1-5-9-13-16-17-20-24-38(40-36-31-27-34(28-32-36)22-19-15-11-7-3)37(23-12-8-4)39-35-29-25-33(26-30-35)21-18-14-10-6-2/h25-32H,5-17,20,23-24H2,1-4H3. The van der Waals surface area contributed by atoms with Crippen LogP contribution in [0.2, 0.25) is 0 Å². The van der Waals surface area contributed by atoms with Crippen LogP contribution >= 0.6 is 0 Å². The highest BCUT2D eigenvalue weighted by molar-refractivity contribution is 6.43. The Labute approximate surface area is 246 Å². The number of hydrogen-bond acceptors (Lipinski definition) is 2. The molecule has 0 aromatic heterocycles. The maximum absolute atomic E-state index is 5.18. The van der Waals surface area contributed by atoms with Gasteiger partial charge in [0.15, 0.2) is 0 Å². The second kappa shape index (κ2) is 21.7. The SMILES string of the molecule is CCCCC#Cc1ccc(N=C(CCCC)C(CCCCCCCC)=Nc2ccc(C#CCCCC)cc2)cc1. The smallest absolute Gasteiger partial charge is 0.0634 e. The molecule has 0 aliphatic rings. The summed E-state index contributed by atoms with van der Waals surface area (Å²) < 4.78 is 0. The zero-order valence-electron chi connectivity index (χ0n) is 25.8. The van der Waals surface area contributed by atoms with Gasteiger partial charge in [0.05, 0.1) is 22.8 Å². The van der Waals surface area contributed by atoms with Crippen molar-refractivity contribution in [3.8, 4) is 23.7 Å². The summed E-state index contributed by atoms with van der Waals surface area (Å²) in [6, 6.07) is 16.8. The molecule has 0 amide bonds. The van der Waals surface area contributed by atoms with E-state index < -0.39 is 0 Å². The van der Waals surface area contributed by atoms with Crippen LogP contribution in [0.3, 0.4) is 0 Å². The second-order valence-electron chi connectivity index (χ2n) is 10.6. The number of benzene rings is 2. The fraction of sp³-hybridized carbons (Fsp3) is 0.526. The average Bonchev–Trinajstić information content (AvgIpc) is 2.98. The first-order valence-electron chi connectivity index (χ1n) is 16.0. The molecule has 0 aliphatic heterocycles. The molecule has 40 heavy (non-hydrogen) atoms. The molecule has 0 saturated carbocycles. The highest BCUT2D eigenvalue weighted by Crippen LogP contribution is 2.20. The monoisotopic (exact) mass is 536 g/mol. The Hall–Kier alpha value is -3.10. The van der Waals surface area contributed by atoms with E-state index in [0.717, 1.165) is 91.7 Å². The lowest BCUT2D eigenvalue weighted by atomic mass is 10.0. The number of unbranched alkanes of at least 4 members (excludes halogenated alkanes) is 10. The predicted octanol–water partition coefficient (Wildman–Crippen LogP) is 11.6. The van der Waals surface area contributed by atoms with E-state index >= 15 is 0 Å². The molecule has 2 aromatic carbocycles. The number of nitrogens with zero attached hydrogens (tertiary/aromatic N) is 2. The summed E-state index contributed by atoms with van der Waals surface area (Å²) >= 11 is 0. The van der Waals surface area contributed by atoms with Gasteiger partial charge in [-0.3, -0.25) is 9.98 Å². The van der Waals surface area contributed by atoms with Crippen LogP contribution in [0.25, 0.3) is 0 Å². The van der Waals surface area contributed by atoms with E-state index in [-0.39, 0.29) is 0 Å². The van der Waals surface area contributed by atoms with Gasteiger partial charge in [-0.05, 0) is 87.1 Å². The highest BCUT2D eigenvalue weighted by atomic mass is 14.8. The van der Waals surface area contributed by atoms with Crippen molar-refractivity contribution >= 4 is 22.8 Å². The van der Waals surface area contributed by atoms with Crippen molar-refractivity contribution in [2.75, 3.05) is 0 Å².